The van der Waals surface area contributed by atoms with Gasteiger partial charge >= 0.3 is 12.2 Å². The van der Waals surface area contributed by atoms with E-state index < -0.39 is 12.8 Å². The van der Waals surface area contributed by atoms with Crippen molar-refractivity contribution in [3.8, 4) is 17.5 Å². The Morgan fingerprint density at radius 3 is 2.16 bits per heavy atom. The van der Waals surface area contributed by atoms with Gasteiger partial charge in [-0.3, -0.25) is 4.98 Å². The molecule has 0 aliphatic rings. The lowest BCUT2D eigenvalue weighted by molar-refractivity contribution is -0.153. The van der Waals surface area contributed by atoms with Gasteiger partial charge in [-0.2, -0.15) is 18.2 Å². The minimum atomic E-state index is -4.37. The first-order chi connectivity index (χ1) is 14.9. The fraction of sp³-hybridized carbons (Fsp3) is 0.136. The van der Waals surface area contributed by atoms with Crippen LogP contribution in [-0.4, -0.2) is 34.8 Å². The highest BCUT2D eigenvalue weighted by Crippen LogP contribution is 2.29. The SMILES string of the molecule is CN(c1ccc(OCC(F)(F)F)cc1)c1ccc(Oc2ncc3ccncc3n2)cc1. The van der Waals surface area contributed by atoms with Gasteiger partial charge in [0.05, 0.1) is 11.7 Å². The van der Waals surface area contributed by atoms with E-state index in [2.05, 4.69) is 15.0 Å². The molecular formula is C22H17F3N4O2. The van der Waals surface area contributed by atoms with E-state index in [1.54, 1.807) is 42.9 Å². The van der Waals surface area contributed by atoms with Gasteiger partial charge in [-0.15, -0.1) is 0 Å². The molecule has 0 aliphatic heterocycles. The standard InChI is InChI=1S/C22H17F3N4O2/c1-29(16-2-6-18(7-3-16)30-14-22(23,24)25)17-4-8-19(9-5-17)31-21-27-12-15-10-11-26-13-20(15)28-21/h2-13H,14H2,1H3. The molecule has 4 aromatic rings. The number of pyridine rings is 1. The average molecular weight is 426 g/mol. The number of anilines is 2. The Kier molecular flexibility index (Phi) is 5.57. The Hall–Kier alpha value is -3.88. The van der Waals surface area contributed by atoms with Gasteiger partial charge in [-0.25, -0.2) is 4.98 Å². The van der Waals surface area contributed by atoms with Crippen LogP contribution in [0.5, 0.6) is 17.5 Å². The molecule has 0 saturated heterocycles. The van der Waals surface area contributed by atoms with E-state index in [0.29, 0.717) is 11.3 Å². The summed E-state index contributed by atoms with van der Waals surface area (Å²) >= 11 is 0. The highest BCUT2D eigenvalue weighted by atomic mass is 19.4. The fourth-order valence-electron chi connectivity index (χ4n) is 2.83. The van der Waals surface area contributed by atoms with Crippen molar-refractivity contribution in [1.82, 2.24) is 15.0 Å². The first-order valence-corrected chi connectivity index (χ1v) is 9.25. The zero-order valence-electron chi connectivity index (χ0n) is 16.4. The quantitative estimate of drug-likeness (QED) is 0.404. The summed E-state index contributed by atoms with van der Waals surface area (Å²) in [5, 5.41) is 0.870. The predicted molar refractivity (Wildman–Crippen MR) is 110 cm³/mol. The number of halogens is 3. The minimum absolute atomic E-state index is 0.156. The molecule has 0 bridgehead atoms. The van der Waals surface area contributed by atoms with Gasteiger partial charge in [0, 0.05) is 36.2 Å². The van der Waals surface area contributed by atoms with Gasteiger partial charge in [-0.1, -0.05) is 0 Å². The second kappa shape index (κ2) is 8.47. The lowest BCUT2D eigenvalue weighted by atomic mass is 10.2. The van der Waals surface area contributed by atoms with E-state index in [-0.39, 0.29) is 11.8 Å². The molecule has 0 atom stereocenters. The predicted octanol–water partition coefficient (Wildman–Crippen LogP) is 5.53. The van der Waals surface area contributed by atoms with E-state index in [0.717, 1.165) is 16.8 Å². The van der Waals surface area contributed by atoms with E-state index in [1.807, 2.05) is 30.1 Å². The lowest BCUT2D eigenvalue weighted by Crippen LogP contribution is -2.19. The minimum Gasteiger partial charge on any atom is -0.484 e. The molecule has 6 nitrogen and oxygen atoms in total. The summed E-state index contributed by atoms with van der Waals surface area (Å²) in [6, 6.07) is 15.7. The largest absolute Gasteiger partial charge is 0.484 e. The summed E-state index contributed by atoms with van der Waals surface area (Å²) in [5.41, 5.74) is 2.34. The van der Waals surface area contributed by atoms with Crippen LogP contribution in [0.25, 0.3) is 10.9 Å². The van der Waals surface area contributed by atoms with Crippen molar-refractivity contribution in [2.24, 2.45) is 0 Å². The Bertz CT molecular complexity index is 1170. The number of alkyl halides is 3. The zero-order chi connectivity index (χ0) is 21.8. The third-order valence-electron chi connectivity index (χ3n) is 4.42. The molecule has 0 amide bonds. The summed E-state index contributed by atoms with van der Waals surface area (Å²) in [7, 11) is 1.85. The van der Waals surface area contributed by atoms with Crippen LogP contribution in [0.15, 0.2) is 73.2 Å². The second-order valence-electron chi connectivity index (χ2n) is 6.64. The van der Waals surface area contributed by atoms with Gasteiger partial charge in [0.1, 0.15) is 11.5 Å². The van der Waals surface area contributed by atoms with Crippen LogP contribution in [0.1, 0.15) is 0 Å². The van der Waals surface area contributed by atoms with Crippen LogP contribution in [-0.2, 0) is 0 Å². The molecule has 31 heavy (non-hydrogen) atoms. The van der Waals surface area contributed by atoms with Crippen molar-refractivity contribution in [3.05, 3.63) is 73.2 Å². The van der Waals surface area contributed by atoms with E-state index in [4.69, 9.17) is 9.47 Å². The van der Waals surface area contributed by atoms with Crippen LogP contribution in [0, 0.1) is 0 Å². The van der Waals surface area contributed by atoms with E-state index in [1.165, 1.54) is 12.1 Å². The van der Waals surface area contributed by atoms with E-state index >= 15 is 0 Å². The molecule has 2 aromatic heterocycles. The highest BCUT2D eigenvalue weighted by Gasteiger charge is 2.28. The molecule has 0 spiro atoms. The van der Waals surface area contributed by atoms with Crippen molar-refractivity contribution in [3.63, 3.8) is 0 Å². The number of benzene rings is 2. The topological polar surface area (TPSA) is 60.4 Å². The lowest BCUT2D eigenvalue weighted by Gasteiger charge is -2.20. The highest BCUT2D eigenvalue weighted by molar-refractivity contribution is 5.76. The maximum Gasteiger partial charge on any atom is 0.422 e. The summed E-state index contributed by atoms with van der Waals surface area (Å²) in [5.74, 6) is 0.722. The van der Waals surface area contributed by atoms with Crippen LogP contribution >= 0.6 is 0 Å². The first kappa shape index (κ1) is 20.4. The molecule has 158 valence electrons. The maximum absolute atomic E-state index is 12.3. The fourth-order valence-corrected chi connectivity index (χ4v) is 2.83. The van der Waals surface area contributed by atoms with Crippen LogP contribution < -0.4 is 14.4 Å². The molecule has 0 N–H and O–H groups in total. The monoisotopic (exact) mass is 426 g/mol. The van der Waals surface area contributed by atoms with Gasteiger partial charge in [0.2, 0.25) is 0 Å². The van der Waals surface area contributed by atoms with Crippen molar-refractivity contribution in [1.29, 1.82) is 0 Å². The average Bonchev–Trinajstić information content (AvgIpc) is 2.77. The van der Waals surface area contributed by atoms with Crippen LogP contribution in [0.4, 0.5) is 24.5 Å². The molecule has 4 rings (SSSR count). The van der Waals surface area contributed by atoms with Crippen LogP contribution in [0.3, 0.4) is 0 Å². The number of nitrogens with zero attached hydrogens (tertiary/aromatic N) is 4. The summed E-state index contributed by atoms with van der Waals surface area (Å²) in [6.45, 7) is -1.32. The van der Waals surface area contributed by atoms with Crippen molar-refractivity contribution in [2.75, 3.05) is 18.6 Å². The molecule has 2 heterocycles. The molecule has 0 aliphatic carbocycles. The molecule has 0 fully saturated rings. The van der Waals surface area contributed by atoms with Gasteiger partial charge in [0.15, 0.2) is 6.61 Å². The van der Waals surface area contributed by atoms with Crippen LogP contribution in [0.2, 0.25) is 0 Å². The molecule has 0 saturated carbocycles. The number of rotatable bonds is 6. The number of hydrogen-bond acceptors (Lipinski definition) is 6. The van der Waals surface area contributed by atoms with Gasteiger partial charge < -0.3 is 14.4 Å². The summed E-state index contributed by atoms with van der Waals surface area (Å²) in [6.07, 6.45) is 0.615. The third-order valence-corrected chi connectivity index (χ3v) is 4.42. The van der Waals surface area contributed by atoms with Crippen molar-refractivity contribution >= 4 is 22.3 Å². The Morgan fingerprint density at radius 1 is 0.871 bits per heavy atom. The number of aromatic nitrogens is 3. The van der Waals surface area contributed by atoms with Crippen molar-refractivity contribution in [2.45, 2.75) is 6.18 Å². The summed E-state index contributed by atoms with van der Waals surface area (Å²) in [4.78, 5) is 14.4. The molecule has 2 aromatic carbocycles. The number of hydrogen-bond donors (Lipinski definition) is 0. The normalized spacial score (nSPS) is 11.4. The Labute approximate surface area is 175 Å². The van der Waals surface area contributed by atoms with E-state index in [9.17, 15) is 13.2 Å². The smallest absolute Gasteiger partial charge is 0.422 e. The first-order valence-electron chi connectivity index (χ1n) is 9.25. The van der Waals surface area contributed by atoms with Gasteiger partial charge in [-0.05, 0) is 54.6 Å². The maximum atomic E-state index is 12.3. The third kappa shape index (κ3) is 5.19. The Morgan fingerprint density at radius 2 is 1.52 bits per heavy atom. The van der Waals surface area contributed by atoms with Crippen molar-refractivity contribution < 1.29 is 22.6 Å². The number of ether oxygens (including phenoxy) is 2. The number of fused-ring (bicyclic) bond motifs is 1. The van der Waals surface area contributed by atoms with Gasteiger partial charge in [0.25, 0.3) is 0 Å². The molecule has 0 unspecified atom stereocenters. The molecule has 0 radical (unpaired) electrons. The molecule has 9 heteroatoms. The summed E-state index contributed by atoms with van der Waals surface area (Å²) < 4.78 is 47.2. The second-order valence-corrected chi connectivity index (χ2v) is 6.64. The zero-order valence-corrected chi connectivity index (χ0v) is 16.4. The molecular weight excluding hydrogens is 409 g/mol. The Balaban J connectivity index is 1.42.